The lowest BCUT2D eigenvalue weighted by molar-refractivity contribution is -0.147. The van der Waals surface area contributed by atoms with Crippen LogP contribution in [-0.2, 0) is 17.3 Å². The van der Waals surface area contributed by atoms with E-state index < -0.39 is 11.4 Å². The molecule has 0 saturated heterocycles. The number of para-hydroxylation sites is 1. The molecule has 3 rings (SSSR count). The van der Waals surface area contributed by atoms with Crippen molar-refractivity contribution in [1.29, 1.82) is 0 Å². The fourth-order valence-corrected chi connectivity index (χ4v) is 2.65. The molecule has 1 aromatic heterocycles. The minimum absolute atomic E-state index is 0.698. The van der Waals surface area contributed by atoms with Crippen LogP contribution in [-0.4, -0.2) is 20.9 Å². The SMILES string of the molecule is Cn1nc(C2(C(=O)O)CCC2)c2ccccc21. The predicted molar refractivity (Wildman–Crippen MR) is 63.9 cm³/mol. The lowest BCUT2D eigenvalue weighted by Gasteiger charge is -2.36. The Labute approximate surface area is 98.9 Å². The number of fused-ring (bicyclic) bond motifs is 1. The van der Waals surface area contributed by atoms with E-state index in [9.17, 15) is 9.90 Å². The zero-order chi connectivity index (χ0) is 12.0. The van der Waals surface area contributed by atoms with E-state index in [0.717, 1.165) is 23.0 Å². The van der Waals surface area contributed by atoms with E-state index in [1.54, 1.807) is 4.68 Å². The third-order valence-electron chi connectivity index (χ3n) is 3.83. The second kappa shape index (κ2) is 3.32. The maximum Gasteiger partial charge on any atom is 0.315 e. The van der Waals surface area contributed by atoms with E-state index in [4.69, 9.17) is 0 Å². The maximum atomic E-state index is 11.5. The Hall–Kier alpha value is -1.84. The number of aliphatic carboxylic acids is 1. The lowest BCUT2D eigenvalue weighted by atomic mass is 9.66. The molecule has 4 heteroatoms. The molecule has 0 atom stereocenters. The van der Waals surface area contributed by atoms with Crippen LogP contribution in [0.15, 0.2) is 24.3 Å². The van der Waals surface area contributed by atoms with Crippen molar-refractivity contribution in [3.8, 4) is 0 Å². The Morgan fingerprint density at radius 3 is 2.71 bits per heavy atom. The summed E-state index contributed by atoms with van der Waals surface area (Å²) in [5.41, 5.74) is 0.977. The number of carbonyl (C=O) groups is 1. The number of aryl methyl sites for hydroxylation is 1. The number of nitrogens with zero attached hydrogens (tertiary/aromatic N) is 2. The average molecular weight is 230 g/mol. The van der Waals surface area contributed by atoms with Gasteiger partial charge in [0.1, 0.15) is 5.41 Å². The summed E-state index contributed by atoms with van der Waals surface area (Å²) >= 11 is 0. The van der Waals surface area contributed by atoms with E-state index in [-0.39, 0.29) is 0 Å². The van der Waals surface area contributed by atoms with Crippen LogP contribution in [0, 0.1) is 0 Å². The highest BCUT2D eigenvalue weighted by atomic mass is 16.4. The van der Waals surface area contributed by atoms with Crippen molar-refractivity contribution in [2.24, 2.45) is 7.05 Å². The van der Waals surface area contributed by atoms with Gasteiger partial charge in [0.25, 0.3) is 0 Å². The highest BCUT2D eigenvalue weighted by molar-refractivity contribution is 5.91. The topological polar surface area (TPSA) is 55.1 Å². The first kappa shape index (κ1) is 10.3. The molecule has 0 amide bonds. The summed E-state index contributed by atoms with van der Waals surface area (Å²) in [5.74, 6) is -0.743. The van der Waals surface area contributed by atoms with Crippen molar-refractivity contribution in [1.82, 2.24) is 9.78 Å². The number of rotatable bonds is 2. The normalized spacial score (nSPS) is 17.9. The van der Waals surface area contributed by atoms with Crippen molar-refractivity contribution in [3.63, 3.8) is 0 Å². The van der Waals surface area contributed by atoms with Crippen LogP contribution in [0.25, 0.3) is 10.9 Å². The molecule has 1 saturated carbocycles. The van der Waals surface area contributed by atoms with E-state index in [0.29, 0.717) is 12.8 Å². The highest BCUT2D eigenvalue weighted by Gasteiger charge is 2.48. The first-order chi connectivity index (χ1) is 8.15. The lowest BCUT2D eigenvalue weighted by Crippen LogP contribution is -2.42. The summed E-state index contributed by atoms with van der Waals surface area (Å²) in [4.78, 5) is 11.5. The molecule has 1 fully saturated rings. The van der Waals surface area contributed by atoms with E-state index in [1.165, 1.54) is 0 Å². The van der Waals surface area contributed by atoms with E-state index >= 15 is 0 Å². The van der Waals surface area contributed by atoms with Crippen molar-refractivity contribution in [2.45, 2.75) is 24.7 Å². The molecule has 4 nitrogen and oxygen atoms in total. The molecule has 1 aromatic carbocycles. The standard InChI is InChI=1S/C13H14N2O2/c1-15-10-6-3-2-5-9(10)11(14-15)13(12(16)17)7-4-8-13/h2-3,5-6H,4,7-8H2,1H3,(H,16,17). The van der Waals surface area contributed by atoms with Crippen molar-refractivity contribution < 1.29 is 9.90 Å². The largest absolute Gasteiger partial charge is 0.481 e. The summed E-state index contributed by atoms with van der Waals surface area (Å²) in [6.45, 7) is 0. The summed E-state index contributed by atoms with van der Waals surface area (Å²) in [6.07, 6.45) is 2.36. The van der Waals surface area contributed by atoms with Gasteiger partial charge in [-0.2, -0.15) is 5.10 Å². The van der Waals surface area contributed by atoms with Gasteiger partial charge in [0.2, 0.25) is 0 Å². The highest BCUT2D eigenvalue weighted by Crippen LogP contribution is 2.45. The van der Waals surface area contributed by atoms with Gasteiger partial charge in [-0.25, -0.2) is 0 Å². The zero-order valence-corrected chi connectivity index (χ0v) is 9.68. The smallest absolute Gasteiger partial charge is 0.315 e. The molecule has 1 aliphatic carbocycles. The number of benzene rings is 1. The minimum atomic E-state index is -0.749. The average Bonchev–Trinajstić information content (AvgIpc) is 2.56. The predicted octanol–water partition coefficient (Wildman–Crippen LogP) is 2.08. The first-order valence-electron chi connectivity index (χ1n) is 5.81. The number of hydrogen-bond donors (Lipinski definition) is 1. The molecule has 0 aliphatic heterocycles. The fraction of sp³-hybridized carbons (Fsp3) is 0.385. The number of aromatic nitrogens is 2. The molecule has 88 valence electrons. The summed E-state index contributed by atoms with van der Waals surface area (Å²) in [5, 5.41) is 14.9. The van der Waals surface area contributed by atoms with Gasteiger partial charge in [-0.1, -0.05) is 24.6 Å². The van der Waals surface area contributed by atoms with Gasteiger partial charge in [-0.05, 0) is 18.9 Å². The molecule has 1 aliphatic rings. The molecule has 1 N–H and O–H groups in total. The van der Waals surface area contributed by atoms with Crippen LogP contribution >= 0.6 is 0 Å². The van der Waals surface area contributed by atoms with Crippen molar-refractivity contribution in [2.75, 3.05) is 0 Å². The summed E-state index contributed by atoms with van der Waals surface area (Å²) in [6, 6.07) is 7.81. The molecular weight excluding hydrogens is 216 g/mol. The molecule has 0 unspecified atom stereocenters. The van der Waals surface area contributed by atoms with Gasteiger partial charge in [0.15, 0.2) is 0 Å². The summed E-state index contributed by atoms with van der Waals surface area (Å²) < 4.78 is 1.77. The first-order valence-corrected chi connectivity index (χ1v) is 5.81. The van der Waals surface area contributed by atoms with Gasteiger partial charge in [0.05, 0.1) is 11.2 Å². The Bertz CT molecular complexity index is 596. The molecule has 0 spiro atoms. The Kier molecular flexibility index (Phi) is 2.02. The van der Waals surface area contributed by atoms with Gasteiger partial charge >= 0.3 is 5.97 Å². The zero-order valence-electron chi connectivity index (χ0n) is 9.68. The number of carboxylic acid groups (broad SMARTS) is 1. The third kappa shape index (κ3) is 1.24. The number of carboxylic acids is 1. The van der Waals surface area contributed by atoms with Crippen LogP contribution < -0.4 is 0 Å². The third-order valence-corrected chi connectivity index (χ3v) is 3.83. The van der Waals surface area contributed by atoms with E-state index in [1.807, 2.05) is 31.3 Å². The van der Waals surface area contributed by atoms with Gasteiger partial charge in [-0.3, -0.25) is 9.48 Å². The van der Waals surface area contributed by atoms with Crippen LogP contribution in [0.1, 0.15) is 25.0 Å². The Balaban J connectivity index is 2.27. The molecule has 2 aromatic rings. The van der Waals surface area contributed by atoms with Crippen molar-refractivity contribution in [3.05, 3.63) is 30.0 Å². The van der Waals surface area contributed by atoms with Gasteiger partial charge in [0, 0.05) is 12.4 Å². The molecule has 17 heavy (non-hydrogen) atoms. The van der Waals surface area contributed by atoms with Crippen LogP contribution in [0.4, 0.5) is 0 Å². The Morgan fingerprint density at radius 2 is 2.12 bits per heavy atom. The molecule has 0 radical (unpaired) electrons. The molecular formula is C13H14N2O2. The second-order valence-electron chi connectivity index (χ2n) is 4.73. The quantitative estimate of drug-likeness (QED) is 0.859. The monoisotopic (exact) mass is 230 g/mol. The van der Waals surface area contributed by atoms with Gasteiger partial charge in [-0.15, -0.1) is 0 Å². The molecule has 0 bridgehead atoms. The summed E-state index contributed by atoms with van der Waals surface area (Å²) in [7, 11) is 1.86. The van der Waals surface area contributed by atoms with Gasteiger partial charge < -0.3 is 5.11 Å². The minimum Gasteiger partial charge on any atom is -0.481 e. The van der Waals surface area contributed by atoms with Crippen LogP contribution in [0.3, 0.4) is 0 Å². The second-order valence-corrected chi connectivity index (χ2v) is 4.73. The van der Waals surface area contributed by atoms with Crippen LogP contribution in [0.5, 0.6) is 0 Å². The Morgan fingerprint density at radius 1 is 1.41 bits per heavy atom. The fourth-order valence-electron chi connectivity index (χ4n) is 2.65. The van der Waals surface area contributed by atoms with E-state index in [2.05, 4.69) is 5.10 Å². The van der Waals surface area contributed by atoms with Crippen molar-refractivity contribution >= 4 is 16.9 Å². The molecule has 1 heterocycles. The number of hydrogen-bond acceptors (Lipinski definition) is 2. The maximum absolute atomic E-state index is 11.5. The van der Waals surface area contributed by atoms with Crippen LogP contribution in [0.2, 0.25) is 0 Å².